The van der Waals surface area contributed by atoms with Crippen LogP contribution >= 0.6 is 11.6 Å². The molecule has 4 heterocycles. The quantitative estimate of drug-likeness (QED) is 0.360. The van der Waals surface area contributed by atoms with E-state index in [9.17, 15) is 18.8 Å². The van der Waals surface area contributed by atoms with Gasteiger partial charge in [0.15, 0.2) is 5.76 Å². The first-order valence-corrected chi connectivity index (χ1v) is 16.8. The molecule has 256 valence electrons. The maximum absolute atomic E-state index is 15.4. The lowest BCUT2D eigenvalue weighted by Crippen LogP contribution is -2.54. The molecule has 0 spiro atoms. The Labute approximate surface area is 285 Å². The maximum Gasteiger partial charge on any atom is 0.294 e. The number of hydrogen-bond donors (Lipinski definition) is 0. The fraction of sp³-hybridized carbons (Fsp3) is 0.472. The number of likely N-dealkylation sites (N-methyl/N-ethyl adjacent to an activating group) is 1. The molecule has 3 aliphatic rings. The van der Waals surface area contributed by atoms with Crippen molar-refractivity contribution in [1.82, 2.24) is 19.6 Å². The first kappa shape index (κ1) is 34.1. The summed E-state index contributed by atoms with van der Waals surface area (Å²) in [7, 11) is 2.00. The Morgan fingerprint density at radius 3 is 2.25 bits per heavy atom. The topological polar surface area (TPSA) is 80.5 Å². The highest BCUT2D eigenvalue weighted by molar-refractivity contribution is 6.30. The average molecular weight is 682 g/mol. The van der Waals surface area contributed by atoms with Crippen molar-refractivity contribution in [2.24, 2.45) is 5.92 Å². The maximum atomic E-state index is 15.4. The van der Waals surface area contributed by atoms with Crippen LogP contribution in [0.4, 0.5) is 14.5 Å². The van der Waals surface area contributed by atoms with Crippen molar-refractivity contribution in [2.45, 2.75) is 50.7 Å². The van der Waals surface area contributed by atoms with E-state index in [1.54, 1.807) is 15.9 Å². The number of carbonyl (C=O) groups excluding carboxylic acids is 3. The Balaban J connectivity index is 1.39. The number of nitrogens with zero attached hydrogens (tertiary/aromatic N) is 5. The predicted octanol–water partition coefficient (Wildman–Crippen LogP) is 5.12. The van der Waals surface area contributed by atoms with E-state index in [1.165, 1.54) is 23.3 Å². The van der Waals surface area contributed by atoms with Crippen molar-refractivity contribution in [1.29, 1.82) is 0 Å². The van der Waals surface area contributed by atoms with Crippen LogP contribution in [-0.2, 0) is 9.59 Å². The molecule has 9 nitrogen and oxygen atoms in total. The number of carbonyl (C=O) groups is 3. The number of rotatable bonds is 6. The fourth-order valence-electron chi connectivity index (χ4n) is 7.25. The number of furan rings is 1. The van der Waals surface area contributed by atoms with Gasteiger partial charge in [-0.25, -0.2) is 8.78 Å². The summed E-state index contributed by atoms with van der Waals surface area (Å²) < 4.78 is 34.9. The van der Waals surface area contributed by atoms with Crippen molar-refractivity contribution in [2.75, 3.05) is 57.8 Å². The molecule has 1 aromatic heterocycles. The van der Waals surface area contributed by atoms with E-state index in [-0.39, 0.29) is 47.7 Å². The highest BCUT2D eigenvalue weighted by atomic mass is 35.5. The molecule has 0 N–H and O–H groups in total. The third-order valence-electron chi connectivity index (χ3n) is 10.0. The lowest BCUT2D eigenvalue weighted by atomic mass is 9.88. The number of likely N-dealkylation sites (tertiary alicyclic amines) is 2. The van der Waals surface area contributed by atoms with E-state index >= 15 is 4.39 Å². The van der Waals surface area contributed by atoms with Gasteiger partial charge in [-0.3, -0.25) is 24.2 Å². The molecule has 2 aromatic carbocycles. The van der Waals surface area contributed by atoms with E-state index in [0.717, 1.165) is 17.7 Å². The van der Waals surface area contributed by atoms with Gasteiger partial charge in [0.2, 0.25) is 11.8 Å². The molecule has 0 radical (unpaired) electrons. The second-order valence-electron chi connectivity index (χ2n) is 14.1. The highest BCUT2D eigenvalue weighted by Gasteiger charge is 2.50. The standard InChI is InChI=1S/C36H42ClF2N5O4/c1-36(2,3)42-21-27(23-7-9-24(37)10-8-23)28(22-42)33(45)43-20-26(19-31(43)34(46)41-15-13-40(4)14-16-41)44(35(47)32-6-5-17-48-32)30-12-11-25(38)18-29(30)39/h5-12,17-18,26-28,31H,13-16,19-22H2,1-4H3/t26-,27-,28+,31-/m0/s1. The lowest BCUT2D eigenvalue weighted by molar-refractivity contribution is -0.147. The van der Waals surface area contributed by atoms with Gasteiger partial charge in [-0.15, -0.1) is 0 Å². The summed E-state index contributed by atoms with van der Waals surface area (Å²) in [5.74, 6) is -3.43. The van der Waals surface area contributed by atoms with E-state index < -0.39 is 35.5 Å². The Kier molecular flexibility index (Phi) is 9.66. The molecular weight excluding hydrogens is 640 g/mol. The smallest absolute Gasteiger partial charge is 0.294 e. The van der Waals surface area contributed by atoms with E-state index in [0.29, 0.717) is 44.3 Å². The van der Waals surface area contributed by atoms with Crippen LogP contribution in [0.1, 0.15) is 49.2 Å². The minimum atomic E-state index is -0.930. The summed E-state index contributed by atoms with van der Waals surface area (Å²) in [4.78, 5) is 52.2. The van der Waals surface area contributed by atoms with Crippen LogP contribution in [-0.4, -0.2) is 108 Å². The second kappa shape index (κ2) is 13.6. The van der Waals surface area contributed by atoms with Crippen LogP contribution in [0.15, 0.2) is 65.3 Å². The van der Waals surface area contributed by atoms with Gasteiger partial charge in [-0.2, -0.15) is 0 Å². The molecule has 3 amide bonds. The Hall–Kier alpha value is -3.80. The molecular formula is C36H42ClF2N5O4. The molecule has 4 atom stereocenters. The fourth-order valence-corrected chi connectivity index (χ4v) is 7.37. The molecule has 0 aliphatic carbocycles. The summed E-state index contributed by atoms with van der Waals surface area (Å²) in [5, 5.41) is 0.599. The van der Waals surface area contributed by atoms with Crippen LogP contribution in [0.25, 0.3) is 0 Å². The van der Waals surface area contributed by atoms with E-state index in [1.807, 2.05) is 31.3 Å². The summed E-state index contributed by atoms with van der Waals surface area (Å²) >= 11 is 6.22. The van der Waals surface area contributed by atoms with Gasteiger partial charge >= 0.3 is 0 Å². The zero-order valence-corrected chi connectivity index (χ0v) is 28.5. The minimum absolute atomic E-state index is 0.00833. The SMILES string of the molecule is CN1CCN(C(=O)[C@@H]2C[C@H](N(C(=O)c3ccco3)c3ccc(F)cc3F)CN2C(=O)[C@@H]2CN(C(C)(C)C)C[C@H]2c2ccc(Cl)cc2)CC1. The Morgan fingerprint density at radius 2 is 1.62 bits per heavy atom. The van der Waals surface area contributed by atoms with E-state index in [2.05, 4.69) is 30.6 Å². The normalized spacial score (nSPS) is 23.9. The lowest BCUT2D eigenvalue weighted by Gasteiger charge is -2.36. The highest BCUT2D eigenvalue weighted by Crippen LogP contribution is 2.40. The molecule has 3 fully saturated rings. The molecule has 0 unspecified atom stereocenters. The predicted molar refractivity (Wildman–Crippen MR) is 179 cm³/mol. The molecule has 0 bridgehead atoms. The molecule has 0 saturated carbocycles. The molecule has 3 saturated heterocycles. The zero-order valence-electron chi connectivity index (χ0n) is 27.7. The van der Waals surface area contributed by atoms with Crippen molar-refractivity contribution < 1.29 is 27.6 Å². The monoisotopic (exact) mass is 681 g/mol. The van der Waals surface area contributed by atoms with Gasteiger partial charge in [0.1, 0.15) is 17.7 Å². The number of anilines is 1. The van der Waals surface area contributed by atoms with Crippen LogP contribution in [0.3, 0.4) is 0 Å². The van der Waals surface area contributed by atoms with Crippen LogP contribution < -0.4 is 4.90 Å². The summed E-state index contributed by atoms with van der Waals surface area (Å²) in [6, 6.07) is 11.9. The van der Waals surface area contributed by atoms with Gasteiger partial charge in [0.25, 0.3) is 5.91 Å². The number of hydrogen-bond acceptors (Lipinski definition) is 6. The van der Waals surface area contributed by atoms with Crippen molar-refractivity contribution >= 4 is 35.0 Å². The number of piperazine rings is 1. The zero-order chi connectivity index (χ0) is 34.3. The second-order valence-corrected chi connectivity index (χ2v) is 14.5. The van der Waals surface area contributed by atoms with Gasteiger partial charge in [-0.1, -0.05) is 23.7 Å². The molecule has 48 heavy (non-hydrogen) atoms. The minimum Gasteiger partial charge on any atom is -0.459 e. The third kappa shape index (κ3) is 6.86. The molecule has 6 rings (SSSR count). The van der Waals surface area contributed by atoms with Gasteiger partial charge < -0.3 is 19.1 Å². The summed E-state index contributed by atoms with van der Waals surface area (Å²) in [5.41, 5.74) is 0.612. The van der Waals surface area contributed by atoms with Gasteiger partial charge in [-0.05, 0) is 76.2 Å². The number of halogens is 3. The van der Waals surface area contributed by atoms with Gasteiger partial charge in [0.05, 0.1) is 23.9 Å². The van der Waals surface area contributed by atoms with Crippen molar-refractivity contribution in [3.8, 4) is 0 Å². The Morgan fingerprint density at radius 1 is 0.917 bits per heavy atom. The van der Waals surface area contributed by atoms with Crippen LogP contribution in [0.2, 0.25) is 5.02 Å². The first-order valence-electron chi connectivity index (χ1n) is 16.4. The summed E-state index contributed by atoms with van der Waals surface area (Å²) in [6.07, 6.45) is 1.43. The largest absolute Gasteiger partial charge is 0.459 e. The molecule has 3 aromatic rings. The first-order chi connectivity index (χ1) is 22.8. The van der Waals surface area contributed by atoms with Crippen LogP contribution in [0, 0.1) is 17.6 Å². The average Bonchev–Trinajstić information content (AvgIpc) is 3.83. The number of benzene rings is 2. The van der Waals surface area contributed by atoms with E-state index in [4.69, 9.17) is 16.0 Å². The Bertz CT molecular complexity index is 1640. The number of amides is 3. The third-order valence-corrected chi connectivity index (χ3v) is 10.3. The van der Waals surface area contributed by atoms with Crippen molar-refractivity contribution in [3.63, 3.8) is 0 Å². The summed E-state index contributed by atoms with van der Waals surface area (Å²) in [6.45, 7) is 9.85. The molecule has 3 aliphatic heterocycles. The van der Waals surface area contributed by atoms with Crippen LogP contribution in [0.5, 0.6) is 0 Å². The van der Waals surface area contributed by atoms with Gasteiger partial charge in [0, 0.05) is 68.4 Å². The molecule has 12 heteroatoms. The van der Waals surface area contributed by atoms with Crippen molar-refractivity contribution in [3.05, 3.63) is 88.8 Å².